The summed E-state index contributed by atoms with van der Waals surface area (Å²) in [6, 6.07) is 10.4. The maximum atomic E-state index is 13.2. The lowest BCUT2D eigenvalue weighted by Crippen LogP contribution is -2.29. The number of thiazole rings is 1. The molecule has 2 heterocycles. The molecule has 0 saturated carbocycles. The summed E-state index contributed by atoms with van der Waals surface area (Å²) in [6.07, 6.45) is 0. The number of anilines is 1. The van der Waals surface area contributed by atoms with Crippen molar-refractivity contribution >= 4 is 45.6 Å². The van der Waals surface area contributed by atoms with Gasteiger partial charge in [0.25, 0.3) is 11.5 Å². The van der Waals surface area contributed by atoms with E-state index in [4.69, 9.17) is 9.47 Å². The summed E-state index contributed by atoms with van der Waals surface area (Å²) in [7, 11) is 2.65. The van der Waals surface area contributed by atoms with Crippen molar-refractivity contribution in [2.75, 3.05) is 19.1 Å². The minimum absolute atomic E-state index is 0.0306. The largest absolute Gasteiger partial charge is 0.507 e. The van der Waals surface area contributed by atoms with E-state index in [0.717, 1.165) is 16.2 Å². The molecule has 1 amide bonds. The zero-order valence-corrected chi connectivity index (χ0v) is 20.1. The number of hydrogen-bond acceptors (Lipinski definition) is 10. The van der Waals surface area contributed by atoms with E-state index in [1.54, 1.807) is 25.1 Å². The molecule has 1 atom stereocenters. The minimum Gasteiger partial charge on any atom is -0.507 e. The lowest BCUT2D eigenvalue weighted by Gasteiger charge is -2.23. The van der Waals surface area contributed by atoms with Crippen molar-refractivity contribution in [2.24, 2.45) is 0 Å². The molecule has 4 rings (SSSR count). The van der Waals surface area contributed by atoms with Crippen molar-refractivity contribution in [1.82, 2.24) is 4.98 Å². The van der Waals surface area contributed by atoms with Gasteiger partial charge in [0.2, 0.25) is 0 Å². The van der Waals surface area contributed by atoms with Gasteiger partial charge in [-0.2, -0.15) is 0 Å². The van der Waals surface area contributed by atoms with Gasteiger partial charge in [0, 0.05) is 17.7 Å². The van der Waals surface area contributed by atoms with E-state index in [9.17, 15) is 29.6 Å². The second kappa shape index (κ2) is 9.58. The van der Waals surface area contributed by atoms with Crippen LogP contribution in [0, 0.1) is 17.0 Å². The summed E-state index contributed by atoms with van der Waals surface area (Å²) in [5.74, 6) is -2.66. The number of methoxy groups -OCH3 is 2. The Hall–Kier alpha value is -4.58. The predicted molar refractivity (Wildman–Crippen MR) is 129 cm³/mol. The summed E-state index contributed by atoms with van der Waals surface area (Å²) in [5.41, 5.74) is 0.400. The van der Waals surface area contributed by atoms with Crippen molar-refractivity contribution in [3.05, 3.63) is 85.9 Å². The average molecular weight is 509 g/mol. The summed E-state index contributed by atoms with van der Waals surface area (Å²) < 4.78 is 9.95. The Morgan fingerprint density at radius 1 is 1.17 bits per heavy atom. The number of rotatable bonds is 6. The number of amides is 1. The van der Waals surface area contributed by atoms with E-state index in [1.165, 1.54) is 44.6 Å². The number of aryl methyl sites for hydroxylation is 1. The molecule has 2 aromatic carbocycles. The molecular formula is C24H19N3O8S. The van der Waals surface area contributed by atoms with Crippen LogP contribution in [0.15, 0.2) is 54.1 Å². The molecule has 1 saturated heterocycles. The first-order valence-electron chi connectivity index (χ1n) is 10.4. The molecule has 184 valence electrons. The van der Waals surface area contributed by atoms with Gasteiger partial charge in [0.05, 0.1) is 36.5 Å². The standard InChI is InChI=1S/C24H19N3O8S/c1-12-21(23(31)35-3)36-24(25-12)26-18(13-7-9-15(10-8-13)27(32)33)17(20(29)22(26)30)19(28)14-5-4-6-16(11-14)34-2/h4-11,18,28H,1-3H3/b19-17+/t18-/m1/s1. The van der Waals surface area contributed by atoms with Crippen LogP contribution in [-0.4, -0.2) is 46.9 Å². The molecule has 3 aromatic rings. The van der Waals surface area contributed by atoms with Gasteiger partial charge >= 0.3 is 11.9 Å². The highest BCUT2D eigenvalue weighted by molar-refractivity contribution is 7.17. The first-order valence-corrected chi connectivity index (χ1v) is 11.2. The Balaban J connectivity index is 1.94. The summed E-state index contributed by atoms with van der Waals surface area (Å²) in [4.78, 5) is 54.7. The molecule has 0 radical (unpaired) electrons. The highest BCUT2D eigenvalue weighted by Gasteiger charge is 2.48. The van der Waals surface area contributed by atoms with E-state index >= 15 is 0 Å². The predicted octanol–water partition coefficient (Wildman–Crippen LogP) is 3.78. The monoisotopic (exact) mass is 509 g/mol. The quantitative estimate of drug-likeness (QED) is 0.131. The van der Waals surface area contributed by atoms with Crippen molar-refractivity contribution < 1.29 is 33.9 Å². The van der Waals surface area contributed by atoms with Gasteiger partial charge in [-0.05, 0) is 36.8 Å². The molecule has 0 bridgehead atoms. The Morgan fingerprint density at radius 2 is 1.86 bits per heavy atom. The number of hydrogen-bond donors (Lipinski definition) is 1. The van der Waals surface area contributed by atoms with Crippen LogP contribution in [0.1, 0.15) is 32.5 Å². The minimum atomic E-state index is -1.17. The number of ketones is 1. The van der Waals surface area contributed by atoms with Crippen molar-refractivity contribution in [3.8, 4) is 5.75 Å². The maximum absolute atomic E-state index is 13.2. The zero-order valence-electron chi connectivity index (χ0n) is 19.3. The van der Waals surface area contributed by atoms with Gasteiger partial charge in [-0.1, -0.05) is 23.5 Å². The van der Waals surface area contributed by atoms with Crippen molar-refractivity contribution in [1.29, 1.82) is 0 Å². The third-order valence-electron chi connectivity index (χ3n) is 5.57. The van der Waals surface area contributed by atoms with Crippen LogP contribution in [-0.2, 0) is 14.3 Å². The fourth-order valence-electron chi connectivity index (χ4n) is 3.82. The first-order chi connectivity index (χ1) is 17.2. The van der Waals surface area contributed by atoms with Crippen LogP contribution < -0.4 is 9.64 Å². The van der Waals surface area contributed by atoms with E-state index in [2.05, 4.69) is 4.98 Å². The lowest BCUT2D eigenvalue weighted by atomic mass is 9.95. The third kappa shape index (κ3) is 4.18. The fraction of sp³-hybridized carbons (Fsp3) is 0.167. The molecule has 1 fully saturated rings. The van der Waals surface area contributed by atoms with Gasteiger partial charge in [-0.3, -0.25) is 24.6 Å². The van der Waals surface area contributed by atoms with Crippen LogP contribution in [0.25, 0.3) is 5.76 Å². The number of aromatic nitrogens is 1. The van der Waals surface area contributed by atoms with E-state index < -0.39 is 34.4 Å². The highest BCUT2D eigenvalue weighted by Crippen LogP contribution is 2.44. The number of nitrogens with zero attached hydrogens (tertiary/aromatic N) is 3. The molecule has 11 nitrogen and oxygen atoms in total. The number of benzene rings is 2. The fourth-order valence-corrected chi connectivity index (χ4v) is 4.83. The van der Waals surface area contributed by atoms with Gasteiger partial charge < -0.3 is 14.6 Å². The van der Waals surface area contributed by atoms with Crippen molar-refractivity contribution in [2.45, 2.75) is 13.0 Å². The average Bonchev–Trinajstić information content (AvgIpc) is 3.39. The molecule has 1 aromatic heterocycles. The van der Waals surface area contributed by atoms with Gasteiger partial charge in [-0.25, -0.2) is 9.78 Å². The van der Waals surface area contributed by atoms with Crippen LogP contribution in [0.2, 0.25) is 0 Å². The van der Waals surface area contributed by atoms with E-state index in [-0.39, 0.29) is 26.8 Å². The summed E-state index contributed by atoms with van der Waals surface area (Å²) in [5, 5.41) is 22.4. The normalized spacial score (nSPS) is 16.8. The number of nitro benzene ring substituents is 1. The number of aliphatic hydroxyl groups is 1. The highest BCUT2D eigenvalue weighted by atomic mass is 32.1. The second-order valence-electron chi connectivity index (χ2n) is 7.65. The number of nitro groups is 1. The van der Waals surface area contributed by atoms with Crippen LogP contribution in [0.4, 0.5) is 10.8 Å². The third-order valence-corrected chi connectivity index (χ3v) is 6.71. The van der Waals surface area contributed by atoms with Gasteiger partial charge in [-0.15, -0.1) is 0 Å². The number of non-ortho nitro benzene ring substituents is 1. The van der Waals surface area contributed by atoms with Crippen LogP contribution in [0.3, 0.4) is 0 Å². The van der Waals surface area contributed by atoms with Crippen molar-refractivity contribution in [3.63, 3.8) is 0 Å². The topological polar surface area (TPSA) is 149 Å². The second-order valence-corrected chi connectivity index (χ2v) is 8.63. The number of carbonyl (C=O) groups is 3. The lowest BCUT2D eigenvalue weighted by molar-refractivity contribution is -0.384. The van der Waals surface area contributed by atoms with E-state index in [1.807, 2.05) is 0 Å². The number of carbonyl (C=O) groups excluding carboxylic acids is 3. The summed E-state index contributed by atoms with van der Waals surface area (Å²) >= 11 is 0.852. The molecule has 1 aliphatic heterocycles. The Morgan fingerprint density at radius 3 is 2.47 bits per heavy atom. The molecule has 1 aliphatic rings. The first kappa shape index (κ1) is 24.5. The summed E-state index contributed by atoms with van der Waals surface area (Å²) in [6.45, 7) is 1.56. The Kier molecular flexibility index (Phi) is 6.53. The van der Waals surface area contributed by atoms with Gasteiger partial charge in [0.15, 0.2) is 5.13 Å². The van der Waals surface area contributed by atoms with Crippen LogP contribution >= 0.6 is 11.3 Å². The molecule has 12 heteroatoms. The van der Waals surface area contributed by atoms with Gasteiger partial charge in [0.1, 0.15) is 16.4 Å². The van der Waals surface area contributed by atoms with E-state index in [0.29, 0.717) is 17.0 Å². The molecule has 1 N–H and O–H groups in total. The molecular weight excluding hydrogens is 490 g/mol. The number of ether oxygens (including phenoxy) is 2. The Labute approximate surface area is 208 Å². The number of aliphatic hydroxyl groups excluding tert-OH is 1. The molecule has 0 aliphatic carbocycles. The SMILES string of the molecule is COC(=O)c1sc(N2C(=O)C(=O)/C(=C(/O)c3cccc(OC)c3)[C@H]2c2ccc([N+](=O)[O-])cc2)nc1C. The maximum Gasteiger partial charge on any atom is 0.350 e. The molecule has 0 unspecified atom stereocenters. The molecule has 36 heavy (non-hydrogen) atoms. The number of esters is 1. The number of Topliss-reactive ketones (excluding diaryl/α,β-unsaturated/α-hetero) is 1. The van der Waals surface area contributed by atoms with Crippen LogP contribution in [0.5, 0.6) is 5.75 Å². The smallest absolute Gasteiger partial charge is 0.350 e. The molecule has 0 spiro atoms. The Bertz CT molecular complexity index is 1430. The zero-order chi connectivity index (χ0) is 26.1.